The van der Waals surface area contributed by atoms with Gasteiger partial charge in [-0.05, 0) is 6.42 Å². The highest BCUT2D eigenvalue weighted by Gasteiger charge is 2.25. The third kappa shape index (κ3) is 1.58. The Labute approximate surface area is 63.7 Å². The Kier molecular flexibility index (Phi) is 1.94. The zero-order valence-electron chi connectivity index (χ0n) is 5.91. The number of nitrogens with two attached hydrogens (primary N) is 1. The molecule has 0 radical (unpaired) electrons. The van der Waals surface area contributed by atoms with Crippen molar-refractivity contribution in [3.63, 3.8) is 0 Å². The van der Waals surface area contributed by atoms with Crippen LogP contribution in [-0.4, -0.2) is 16.8 Å². The molecule has 1 rings (SSSR count). The summed E-state index contributed by atoms with van der Waals surface area (Å²) in [5.41, 5.74) is 4.95. The summed E-state index contributed by atoms with van der Waals surface area (Å²) in [5, 5.41) is 9.05. The van der Waals surface area contributed by atoms with Crippen molar-refractivity contribution in [2.75, 3.05) is 0 Å². The highest BCUT2D eigenvalue weighted by Crippen LogP contribution is 2.19. The van der Waals surface area contributed by atoms with E-state index in [2.05, 4.69) is 0 Å². The van der Waals surface area contributed by atoms with Crippen molar-refractivity contribution in [2.24, 2.45) is 11.7 Å². The van der Waals surface area contributed by atoms with E-state index >= 15 is 0 Å². The lowest BCUT2D eigenvalue weighted by atomic mass is 9.93. The van der Waals surface area contributed by atoms with Gasteiger partial charge in [0, 0.05) is 12.5 Å². The summed E-state index contributed by atoms with van der Waals surface area (Å²) in [4.78, 5) is 21.2. The molecule has 0 aromatic rings. The van der Waals surface area contributed by atoms with Crippen LogP contribution in [0.15, 0.2) is 11.8 Å². The number of carbonyl (C=O) groups excluding carboxylic acids is 2. The van der Waals surface area contributed by atoms with Gasteiger partial charge in [-0.2, -0.15) is 0 Å². The Bertz CT molecular complexity index is 232. The van der Waals surface area contributed by atoms with Gasteiger partial charge in [0.2, 0.25) is 5.91 Å². The number of primary amides is 1. The number of hydrogen-bond donors (Lipinski definition) is 2. The predicted octanol–water partition coefficient (Wildman–Crippen LogP) is -0.107. The monoisotopic (exact) mass is 155 g/mol. The Morgan fingerprint density at radius 3 is 2.82 bits per heavy atom. The van der Waals surface area contributed by atoms with Crippen LogP contribution in [0.25, 0.3) is 0 Å². The summed E-state index contributed by atoms with van der Waals surface area (Å²) in [7, 11) is 0. The minimum Gasteiger partial charge on any atom is -0.511 e. The van der Waals surface area contributed by atoms with Gasteiger partial charge in [-0.25, -0.2) is 0 Å². The van der Waals surface area contributed by atoms with Gasteiger partial charge < -0.3 is 10.8 Å². The number of amides is 1. The standard InChI is InChI=1S/C7H9NO3/c8-7(11)5-2-1-4(9)3-6(5)10/h3,5,10H,1-2H2,(H2,8,11). The van der Waals surface area contributed by atoms with Crippen molar-refractivity contribution in [3.8, 4) is 0 Å². The van der Waals surface area contributed by atoms with Gasteiger partial charge in [0.05, 0.1) is 5.92 Å². The minimum atomic E-state index is -0.660. The molecule has 0 saturated carbocycles. The van der Waals surface area contributed by atoms with E-state index in [1.54, 1.807) is 0 Å². The third-order valence-corrected chi connectivity index (χ3v) is 1.69. The molecule has 0 spiro atoms. The van der Waals surface area contributed by atoms with Gasteiger partial charge in [-0.1, -0.05) is 0 Å². The maximum atomic E-state index is 10.7. The summed E-state index contributed by atoms with van der Waals surface area (Å²) in [6, 6.07) is 0. The summed E-state index contributed by atoms with van der Waals surface area (Å²) < 4.78 is 0. The molecule has 3 N–H and O–H groups in total. The van der Waals surface area contributed by atoms with Gasteiger partial charge >= 0.3 is 0 Å². The van der Waals surface area contributed by atoms with Gasteiger partial charge in [-0.15, -0.1) is 0 Å². The molecule has 0 aromatic heterocycles. The number of aliphatic hydroxyl groups is 1. The van der Waals surface area contributed by atoms with Crippen molar-refractivity contribution < 1.29 is 14.7 Å². The van der Waals surface area contributed by atoms with Gasteiger partial charge in [0.15, 0.2) is 5.78 Å². The van der Waals surface area contributed by atoms with Crippen LogP contribution in [0.5, 0.6) is 0 Å². The molecule has 0 bridgehead atoms. The summed E-state index contributed by atoms with van der Waals surface area (Å²) >= 11 is 0. The molecule has 1 aliphatic carbocycles. The Morgan fingerprint density at radius 1 is 1.73 bits per heavy atom. The van der Waals surface area contributed by atoms with Crippen LogP contribution in [0.1, 0.15) is 12.8 Å². The lowest BCUT2D eigenvalue weighted by molar-refractivity contribution is -0.122. The second-order valence-corrected chi connectivity index (χ2v) is 2.53. The number of aliphatic hydroxyl groups excluding tert-OH is 1. The first kappa shape index (κ1) is 7.78. The molecule has 0 saturated heterocycles. The lowest BCUT2D eigenvalue weighted by Gasteiger charge is -2.15. The Balaban J connectivity index is 2.80. The van der Waals surface area contributed by atoms with Crippen LogP contribution in [0.2, 0.25) is 0 Å². The largest absolute Gasteiger partial charge is 0.511 e. The van der Waals surface area contributed by atoms with E-state index in [1.165, 1.54) is 0 Å². The summed E-state index contributed by atoms with van der Waals surface area (Å²) in [6.07, 6.45) is 1.69. The average molecular weight is 155 g/mol. The van der Waals surface area contributed by atoms with Crippen molar-refractivity contribution >= 4 is 11.7 Å². The van der Waals surface area contributed by atoms with Crippen LogP contribution >= 0.6 is 0 Å². The van der Waals surface area contributed by atoms with Crippen LogP contribution in [0.4, 0.5) is 0 Å². The number of hydrogen-bond acceptors (Lipinski definition) is 3. The summed E-state index contributed by atoms with van der Waals surface area (Å²) in [6.45, 7) is 0. The molecule has 0 aromatic carbocycles. The molecule has 4 nitrogen and oxygen atoms in total. The molecule has 0 aliphatic heterocycles. The van der Waals surface area contributed by atoms with E-state index in [-0.39, 0.29) is 18.0 Å². The molecule has 1 aliphatic rings. The van der Waals surface area contributed by atoms with Crippen molar-refractivity contribution in [3.05, 3.63) is 11.8 Å². The number of carbonyl (C=O) groups is 2. The molecule has 1 unspecified atom stereocenters. The normalized spacial score (nSPS) is 24.5. The summed E-state index contributed by atoms with van der Waals surface area (Å²) in [5.74, 6) is -1.59. The molecular weight excluding hydrogens is 146 g/mol. The molecular formula is C7H9NO3. The maximum absolute atomic E-state index is 10.7. The number of rotatable bonds is 1. The lowest BCUT2D eigenvalue weighted by Crippen LogP contribution is -2.28. The quantitative estimate of drug-likeness (QED) is 0.554. The van der Waals surface area contributed by atoms with Gasteiger partial charge in [-0.3, -0.25) is 9.59 Å². The van der Waals surface area contributed by atoms with Crippen LogP contribution in [-0.2, 0) is 9.59 Å². The van der Waals surface area contributed by atoms with Gasteiger partial charge in [0.1, 0.15) is 5.76 Å². The maximum Gasteiger partial charge on any atom is 0.228 e. The second kappa shape index (κ2) is 2.74. The number of ketones is 1. The predicted molar refractivity (Wildman–Crippen MR) is 37.6 cm³/mol. The fraction of sp³-hybridized carbons (Fsp3) is 0.429. The van der Waals surface area contributed by atoms with E-state index in [1.807, 2.05) is 0 Å². The second-order valence-electron chi connectivity index (χ2n) is 2.53. The molecule has 0 heterocycles. The minimum absolute atomic E-state index is 0.153. The molecule has 0 fully saturated rings. The van der Waals surface area contributed by atoms with E-state index < -0.39 is 11.8 Å². The highest BCUT2D eigenvalue weighted by molar-refractivity contribution is 5.93. The Morgan fingerprint density at radius 2 is 2.36 bits per heavy atom. The van der Waals surface area contributed by atoms with Gasteiger partial charge in [0.25, 0.3) is 0 Å². The van der Waals surface area contributed by atoms with Crippen molar-refractivity contribution in [1.82, 2.24) is 0 Å². The first-order chi connectivity index (χ1) is 5.11. The zero-order valence-corrected chi connectivity index (χ0v) is 5.91. The fourth-order valence-electron chi connectivity index (χ4n) is 1.06. The first-order valence-corrected chi connectivity index (χ1v) is 3.34. The first-order valence-electron chi connectivity index (χ1n) is 3.34. The van der Waals surface area contributed by atoms with Crippen LogP contribution in [0.3, 0.4) is 0 Å². The van der Waals surface area contributed by atoms with Crippen molar-refractivity contribution in [2.45, 2.75) is 12.8 Å². The number of allylic oxidation sites excluding steroid dienone is 1. The molecule has 60 valence electrons. The third-order valence-electron chi connectivity index (χ3n) is 1.69. The SMILES string of the molecule is NC(=O)C1CCC(=O)C=C1O. The topological polar surface area (TPSA) is 80.4 Å². The fourth-order valence-corrected chi connectivity index (χ4v) is 1.06. The smallest absolute Gasteiger partial charge is 0.228 e. The Hall–Kier alpha value is -1.32. The average Bonchev–Trinajstić information content (AvgIpc) is 1.85. The van der Waals surface area contributed by atoms with E-state index in [0.29, 0.717) is 6.42 Å². The zero-order chi connectivity index (χ0) is 8.43. The van der Waals surface area contributed by atoms with Crippen molar-refractivity contribution in [1.29, 1.82) is 0 Å². The highest BCUT2D eigenvalue weighted by atomic mass is 16.3. The molecule has 1 amide bonds. The van der Waals surface area contributed by atoms with E-state index in [0.717, 1.165) is 6.08 Å². The van der Waals surface area contributed by atoms with Crippen LogP contribution in [0, 0.1) is 5.92 Å². The van der Waals surface area contributed by atoms with Crippen LogP contribution < -0.4 is 5.73 Å². The molecule has 1 atom stereocenters. The van der Waals surface area contributed by atoms with E-state index in [9.17, 15) is 9.59 Å². The molecule has 4 heteroatoms. The van der Waals surface area contributed by atoms with E-state index in [4.69, 9.17) is 10.8 Å². The molecule has 11 heavy (non-hydrogen) atoms.